The second kappa shape index (κ2) is 6.37. The molecule has 0 fully saturated rings. The van der Waals surface area contributed by atoms with Crippen molar-refractivity contribution in [3.8, 4) is 0 Å². The lowest BCUT2D eigenvalue weighted by Crippen LogP contribution is -2.18. The maximum atomic E-state index is 4.42. The molecular weight excluding hydrogens is 324 g/mol. The Balaban J connectivity index is 1.78. The molecule has 0 spiro atoms. The SMILES string of the molecule is CC(NCc1ccc(Br)cc1)c1cccc2ncccc12. The third-order valence-corrected chi connectivity index (χ3v) is 4.20. The van der Waals surface area contributed by atoms with E-state index in [1.54, 1.807) is 0 Å². The van der Waals surface area contributed by atoms with Gasteiger partial charge in [-0.15, -0.1) is 0 Å². The molecule has 0 saturated heterocycles. The molecule has 3 aromatic rings. The third kappa shape index (κ3) is 3.31. The summed E-state index contributed by atoms with van der Waals surface area (Å²) in [7, 11) is 0. The number of hydrogen-bond acceptors (Lipinski definition) is 2. The first-order chi connectivity index (χ1) is 10.2. The van der Waals surface area contributed by atoms with Gasteiger partial charge in [-0.1, -0.05) is 46.3 Å². The Morgan fingerprint density at radius 2 is 1.86 bits per heavy atom. The average molecular weight is 341 g/mol. The van der Waals surface area contributed by atoms with E-state index in [-0.39, 0.29) is 6.04 Å². The summed E-state index contributed by atoms with van der Waals surface area (Å²) in [5, 5.41) is 4.80. The van der Waals surface area contributed by atoms with Gasteiger partial charge in [0.1, 0.15) is 0 Å². The number of fused-ring (bicyclic) bond motifs is 1. The van der Waals surface area contributed by atoms with Gasteiger partial charge in [0.05, 0.1) is 5.52 Å². The second-order valence-electron chi connectivity index (χ2n) is 5.15. The molecule has 1 unspecified atom stereocenters. The van der Waals surface area contributed by atoms with Crippen molar-refractivity contribution < 1.29 is 0 Å². The first-order valence-electron chi connectivity index (χ1n) is 7.05. The predicted molar refractivity (Wildman–Crippen MR) is 91.1 cm³/mol. The van der Waals surface area contributed by atoms with Gasteiger partial charge in [0.25, 0.3) is 0 Å². The zero-order chi connectivity index (χ0) is 14.7. The van der Waals surface area contributed by atoms with E-state index in [4.69, 9.17) is 0 Å². The van der Waals surface area contributed by atoms with E-state index >= 15 is 0 Å². The van der Waals surface area contributed by atoms with Crippen LogP contribution in [0.5, 0.6) is 0 Å². The molecule has 2 nitrogen and oxygen atoms in total. The van der Waals surface area contributed by atoms with Crippen molar-refractivity contribution >= 4 is 26.8 Å². The minimum Gasteiger partial charge on any atom is -0.306 e. The lowest BCUT2D eigenvalue weighted by molar-refractivity contribution is 0.578. The summed E-state index contributed by atoms with van der Waals surface area (Å²) in [5.41, 5.74) is 3.62. The van der Waals surface area contributed by atoms with Crippen molar-refractivity contribution in [2.24, 2.45) is 0 Å². The zero-order valence-corrected chi connectivity index (χ0v) is 13.5. The van der Waals surface area contributed by atoms with Gasteiger partial charge >= 0.3 is 0 Å². The molecule has 0 radical (unpaired) electrons. The molecule has 106 valence electrons. The van der Waals surface area contributed by atoms with Crippen LogP contribution in [-0.2, 0) is 6.54 Å². The van der Waals surface area contributed by atoms with Crippen LogP contribution in [0, 0.1) is 0 Å². The molecule has 0 bridgehead atoms. The summed E-state index contributed by atoms with van der Waals surface area (Å²) >= 11 is 3.46. The van der Waals surface area contributed by atoms with Crippen LogP contribution in [0.4, 0.5) is 0 Å². The summed E-state index contributed by atoms with van der Waals surface area (Å²) in [6, 6.07) is 19.1. The van der Waals surface area contributed by atoms with Crippen LogP contribution >= 0.6 is 15.9 Å². The van der Waals surface area contributed by atoms with Crippen molar-refractivity contribution in [2.75, 3.05) is 0 Å². The lowest BCUT2D eigenvalue weighted by Gasteiger charge is -2.16. The van der Waals surface area contributed by atoms with Crippen molar-refractivity contribution in [1.82, 2.24) is 10.3 Å². The molecule has 2 aromatic carbocycles. The molecular formula is C18H17BrN2. The van der Waals surface area contributed by atoms with Crippen LogP contribution in [0.3, 0.4) is 0 Å². The van der Waals surface area contributed by atoms with Crippen LogP contribution in [0.15, 0.2) is 65.3 Å². The summed E-state index contributed by atoms with van der Waals surface area (Å²) in [6.07, 6.45) is 1.84. The number of halogens is 1. The van der Waals surface area contributed by atoms with E-state index in [1.165, 1.54) is 16.5 Å². The van der Waals surface area contributed by atoms with Gasteiger partial charge in [-0.05, 0) is 42.3 Å². The summed E-state index contributed by atoms with van der Waals surface area (Å²) in [4.78, 5) is 4.42. The topological polar surface area (TPSA) is 24.9 Å². The summed E-state index contributed by atoms with van der Waals surface area (Å²) < 4.78 is 1.11. The molecule has 0 aliphatic heterocycles. The highest BCUT2D eigenvalue weighted by molar-refractivity contribution is 9.10. The van der Waals surface area contributed by atoms with Crippen LogP contribution in [-0.4, -0.2) is 4.98 Å². The van der Waals surface area contributed by atoms with Crippen LogP contribution in [0.1, 0.15) is 24.1 Å². The quantitative estimate of drug-likeness (QED) is 0.734. The Kier molecular flexibility index (Phi) is 4.32. The van der Waals surface area contributed by atoms with Crippen LogP contribution < -0.4 is 5.32 Å². The normalized spacial score (nSPS) is 12.5. The van der Waals surface area contributed by atoms with E-state index in [0.717, 1.165) is 16.5 Å². The zero-order valence-electron chi connectivity index (χ0n) is 11.9. The number of aromatic nitrogens is 1. The number of rotatable bonds is 4. The molecule has 3 rings (SSSR count). The number of hydrogen-bond donors (Lipinski definition) is 1. The second-order valence-corrected chi connectivity index (χ2v) is 6.06. The fourth-order valence-corrected chi connectivity index (χ4v) is 2.75. The van der Waals surface area contributed by atoms with Crippen molar-refractivity contribution in [2.45, 2.75) is 19.5 Å². The van der Waals surface area contributed by atoms with Crippen molar-refractivity contribution in [1.29, 1.82) is 0 Å². The Morgan fingerprint density at radius 1 is 1.05 bits per heavy atom. The van der Waals surface area contributed by atoms with Gasteiger partial charge in [0, 0.05) is 28.6 Å². The Bertz CT molecular complexity index is 732. The molecule has 21 heavy (non-hydrogen) atoms. The van der Waals surface area contributed by atoms with Crippen LogP contribution in [0.2, 0.25) is 0 Å². The van der Waals surface area contributed by atoms with E-state index in [9.17, 15) is 0 Å². The van der Waals surface area contributed by atoms with Crippen LogP contribution in [0.25, 0.3) is 10.9 Å². The molecule has 1 atom stereocenters. The number of pyridine rings is 1. The Labute approximate surface area is 133 Å². The fourth-order valence-electron chi connectivity index (χ4n) is 2.49. The van der Waals surface area contributed by atoms with E-state index in [2.05, 4.69) is 81.7 Å². The molecule has 0 aliphatic rings. The van der Waals surface area contributed by atoms with E-state index < -0.39 is 0 Å². The molecule has 0 amide bonds. The molecule has 3 heteroatoms. The summed E-state index contributed by atoms with van der Waals surface area (Å²) in [5.74, 6) is 0. The minimum atomic E-state index is 0.279. The third-order valence-electron chi connectivity index (χ3n) is 3.67. The van der Waals surface area contributed by atoms with E-state index in [1.807, 2.05) is 12.3 Å². The molecule has 1 heterocycles. The number of nitrogens with one attached hydrogen (secondary N) is 1. The highest BCUT2D eigenvalue weighted by atomic mass is 79.9. The van der Waals surface area contributed by atoms with Gasteiger partial charge in [0.2, 0.25) is 0 Å². The fraction of sp³-hybridized carbons (Fsp3) is 0.167. The maximum absolute atomic E-state index is 4.42. The van der Waals surface area contributed by atoms with Gasteiger partial charge in [0.15, 0.2) is 0 Å². The molecule has 0 saturated carbocycles. The highest BCUT2D eigenvalue weighted by Gasteiger charge is 2.09. The van der Waals surface area contributed by atoms with Gasteiger partial charge in [-0.2, -0.15) is 0 Å². The maximum Gasteiger partial charge on any atom is 0.0705 e. The Morgan fingerprint density at radius 3 is 2.67 bits per heavy atom. The Hall–Kier alpha value is -1.71. The van der Waals surface area contributed by atoms with Crippen molar-refractivity contribution in [3.63, 3.8) is 0 Å². The summed E-state index contributed by atoms with van der Waals surface area (Å²) in [6.45, 7) is 3.05. The monoisotopic (exact) mass is 340 g/mol. The minimum absolute atomic E-state index is 0.279. The average Bonchev–Trinajstić information content (AvgIpc) is 2.53. The van der Waals surface area contributed by atoms with Gasteiger partial charge in [-0.3, -0.25) is 4.98 Å². The van der Waals surface area contributed by atoms with Gasteiger partial charge in [-0.25, -0.2) is 0 Å². The smallest absolute Gasteiger partial charge is 0.0705 e. The standard InChI is InChI=1S/C18H17BrN2/c1-13(21-12-14-7-9-15(19)10-8-14)16-4-2-6-18-17(16)5-3-11-20-18/h2-11,13,21H,12H2,1H3. The molecule has 0 aliphatic carbocycles. The largest absolute Gasteiger partial charge is 0.306 e. The first kappa shape index (κ1) is 14.2. The molecule has 1 N–H and O–H groups in total. The number of nitrogens with zero attached hydrogens (tertiary/aromatic N) is 1. The first-order valence-corrected chi connectivity index (χ1v) is 7.85. The number of benzene rings is 2. The molecule has 1 aromatic heterocycles. The van der Waals surface area contributed by atoms with Gasteiger partial charge < -0.3 is 5.32 Å². The lowest BCUT2D eigenvalue weighted by atomic mass is 10.0. The van der Waals surface area contributed by atoms with E-state index in [0.29, 0.717) is 0 Å². The van der Waals surface area contributed by atoms with Crippen molar-refractivity contribution in [3.05, 3.63) is 76.4 Å². The predicted octanol–water partition coefficient (Wildman–Crippen LogP) is 4.85. The highest BCUT2D eigenvalue weighted by Crippen LogP contribution is 2.23.